The van der Waals surface area contributed by atoms with Gasteiger partial charge in [0.05, 0.1) is 12.9 Å². The topological polar surface area (TPSA) is 67.6 Å². The molecule has 2 heterocycles. The van der Waals surface area contributed by atoms with Gasteiger partial charge in [0.1, 0.15) is 6.33 Å². The van der Waals surface area contributed by atoms with E-state index in [9.17, 15) is 9.59 Å². The van der Waals surface area contributed by atoms with Crippen molar-refractivity contribution in [2.24, 2.45) is 4.99 Å². The summed E-state index contributed by atoms with van der Waals surface area (Å²) >= 11 is 0. The van der Waals surface area contributed by atoms with Gasteiger partial charge in [0.25, 0.3) is 0 Å². The van der Waals surface area contributed by atoms with Gasteiger partial charge in [0.2, 0.25) is 0 Å². The summed E-state index contributed by atoms with van der Waals surface area (Å²) in [5, 5.41) is 0. The van der Waals surface area contributed by atoms with Crippen molar-refractivity contribution in [3.8, 4) is 0 Å². The zero-order valence-corrected chi connectivity index (χ0v) is 7.33. The molecule has 1 aliphatic rings. The summed E-state index contributed by atoms with van der Waals surface area (Å²) in [7, 11) is 0. The van der Waals surface area contributed by atoms with Gasteiger partial charge in [0, 0.05) is 18.9 Å². The maximum absolute atomic E-state index is 11.5. The van der Waals surface area contributed by atoms with Crippen molar-refractivity contribution in [1.82, 2.24) is 14.5 Å². The Labute approximate surface area is 79.9 Å². The quantitative estimate of drug-likeness (QED) is 0.515. The van der Waals surface area contributed by atoms with Gasteiger partial charge in [-0.3, -0.25) is 24.0 Å². The Morgan fingerprint density at radius 1 is 1.29 bits per heavy atom. The van der Waals surface area contributed by atoms with Crippen LogP contribution in [-0.4, -0.2) is 45.7 Å². The van der Waals surface area contributed by atoms with Crippen LogP contribution in [0.15, 0.2) is 23.7 Å². The molecule has 0 saturated carbocycles. The molecule has 0 unspecified atom stereocenters. The Balaban J connectivity index is 2.12. The minimum absolute atomic E-state index is 0.471. The molecule has 1 aliphatic heterocycles. The Hall–Kier alpha value is -1.98. The van der Waals surface area contributed by atoms with Gasteiger partial charge in [-0.2, -0.15) is 0 Å². The largest absolute Gasteiger partial charge is 0.321 e. The van der Waals surface area contributed by atoms with Crippen LogP contribution in [-0.2, 0) is 4.79 Å². The highest BCUT2D eigenvalue weighted by Crippen LogP contribution is 1.97. The number of amides is 1. The van der Waals surface area contributed by atoms with E-state index < -0.39 is 11.8 Å². The molecule has 1 amide bonds. The molecule has 1 aromatic rings. The van der Waals surface area contributed by atoms with Gasteiger partial charge in [-0.25, -0.2) is 4.98 Å². The van der Waals surface area contributed by atoms with E-state index in [-0.39, 0.29) is 0 Å². The highest BCUT2D eigenvalue weighted by molar-refractivity contribution is 6.37. The minimum Gasteiger partial charge on any atom is -0.293 e. The molecule has 1 aromatic heterocycles. The van der Waals surface area contributed by atoms with Crippen molar-refractivity contribution in [1.29, 1.82) is 0 Å². The third kappa shape index (κ3) is 1.41. The summed E-state index contributed by atoms with van der Waals surface area (Å²) in [6.45, 7) is 1.03. The van der Waals surface area contributed by atoms with Crippen molar-refractivity contribution in [3.05, 3.63) is 18.7 Å². The van der Waals surface area contributed by atoms with Crippen molar-refractivity contribution in [3.63, 3.8) is 0 Å². The fourth-order valence-electron chi connectivity index (χ4n) is 1.15. The number of aromatic nitrogens is 2. The van der Waals surface area contributed by atoms with Crippen LogP contribution in [0.25, 0.3) is 0 Å². The van der Waals surface area contributed by atoms with E-state index in [0.29, 0.717) is 13.1 Å². The monoisotopic (exact) mass is 192 g/mol. The summed E-state index contributed by atoms with van der Waals surface area (Å²) in [6.07, 6.45) is 5.57. The summed E-state index contributed by atoms with van der Waals surface area (Å²) in [6, 6.07) is 0. The Morgan fingerprint density at radius 2 is 2.14 bits per heavy atom. The molecule has 0 N–H and O–H groups in total. The standard InChI is InChI=1S/C8H8N4O2/c13-7(11-3-1-9-5-11)8(14)12-4-2-10-6-12/h1,3,5-6H,2,4H2. The van der Waals surface area contributed by atoms with Gasteiger partial charge < -0.3 is 0 Å². The molecule has 0 radical (unpaired) electrons. The molecule has 0 saturated heterocycles. The molecule has 0 fully saturated rings. The van der Waals surface area contributed by atoms with Gasteiger partial charge in [-0.05, 0) is 0 Å². The second kappa shape index (κ2) is 3.41. The average molecular weight is 192 g/mol. The maximum atomic E-state index is 11.5. The minimum atomic E-state index is -0.615. The average Bonchev–Trinajstić information content (AvgIpc) is 2.87. The van der Waals surface area contributed by atoms with E-state index in [1.54, 1.807) is 0 Å². The predicted octanol–water partition coefficient (Wildman–Crippen LogP) is -0.606. The molecular formula is C8H8N4O2. The van der Waals surface area contributed by atoms with Crippen LogP contribution in [0.3, 0.4) is 0 Å². The lowest BCUT2D eigenvalue weighted by Gasteiger charge is -2.09. The van der Waals surface area contributed by atoms with Gasteiger partial charge in [-0.15, -0.1) is 0 Å². The third-order valence-corrected chi connectivity index (χ3v) is 1.87. The number of rotatable bonds is 0. The summed E-state index contributed by atoms with van der Waals surface area (Å²) in [4.78, 5) is 31.8. The normalized spacial score (nSPS) is 14.7. The molecule has 0 aliphatic carbocycles. The molecular weight excluding hydrogens is 184 g/mol. The molecule has 0 aromatic carbocycles. The second-order valence-corrected chi connectivity index (χ2v) is 2.80. The zero-order chi connectivity index (χ0) is 9.97. The van der Waals surface area contributed by atoms with Crippen molar-refractivity contribution in [2.45, 2.75) is 0 Å². The molecule has 6 nitrogen and oxygen atoms in total. The first-order valence-corrected chi connectivity index (χ1v) is 4.12. The molecule has 14 heavy (non-hydrogen) atoms. The first-order valence-electron chi connectivity index (χ1n) is 4.12. The molecule has 2 rings (SSSR count). The lowest BCUT2D eigenvalue weighted by Crippen LogP contribution is -2.36. The molecule has 6 heteroatoms. The first kappa shape index (κ1) is 8.61. The van der Waals surface area contributed by atoms with Crippen LogP contribution >= 0.6 is 0 Å². The van der Waals surface area contributed by atoms with E-state index in [1.165, 1.54) is 30.0 Å². The molecule has 0 spiro atoms. The lowest BCUT2D eigenvalue weighted by atomic mass is 10.4. The fraction of sp³-hybridized carbons (Fsp3) is 0.250. The van der Waals surface area contributed by atoms with Gasteiger partial charge >= 0.3 is 11.8 Å². The molecule has 72 valence electrons. The summed E-state index contributed by atoms with van der Waals surface area (Å²) in [5.41, 5.74) is 0. The SMILES string of the molecule is O=C(C(=O)n1ccnc1)N1C=NCC1. The van der Waals surface area contributed by atoms with Crippen LogP contribution in [0.1, 0.15) is 4.79 Å². The molecule has 0 atom stereocenters. The van der Waals surface area contributed by atoms with E-state index in [4.69, 9.17) is 0 Å². The zero-order valence-electron chi connectivity index (χ0n) is 7.33. The van der Waals surface area contributed by atoms with E-state index in [0.717, 1.165) is 4.57 Å². The van der Waals surface area contributed by atoms with E-state index in [2.05, 4.69) is 9.98 Å². The number of aliphatic imine (C=N–C) groups is 1. The van der Waals surface area contributed by atoms with Crippen LogP contribution in [0.5, 0.6) is 0 Å². The Kier molecular flexibility index (Phi) is 2.10. The van der Waals surface area contributed by atoms with E-state index in [1.807, 2.05) is 0 Å². The van der Waals surface area contributed by atoms with Gasteiger partial charge in [0.15, 0.2) is 0 Å². The Bertz CT molecular complexity index is 382. The summed E-state index contributed by atoms with van der Waals surface area (Å²) in [5.74, 6) is -1.19. The highest BCUT2D eigenvalue weighted by atomic mass is 16.2. The van der Waals surface area contributed by atoms with Gasteiger partial charge in [-0.1, -0.05) is 0 Å². The van der Waals surface area contributed by atoms with Crippen molar-refractivity contribution >= 4 is 18.2 Å². The second-order valence-electron chi connectivity index (χ2n) is 2.80. The molecule has 0 bridgehead atoms. The number of hydrogen-bond donors (Lipinski definition) is 0. The first-order chi connectivity index (χ1) is 6.79. The third-order valence-electron chi connectivity index (χ3n) is 1.87. The predicted molar refractivity (Wildman–Crippen MR) is 47.9 cm³/mol. The fourth-order valence-corrected chi connectivity index (χ4v) is 1.15. The smallest absolute Gasteiger partial charge is 0.293 e. The number of carbonyl (C=O) groups excluding carboxylic acids is 2. The van der Waals surface area contributed by atoms with E-state index >= 15 is 0 Å². The summed E-state index contributed by atoms with van der Waals surface area (Å²) < 4.78 is 1.15. The van der Waals surface area contributed by atoms with Crippen LogP contribution in [0, 0.1) is 0 Å². The number of carbonyl (C=O) groups is 2. The Morgan fingerprint density at radius 3 is 2.71 bits per heavy atom. The van der Waals surface area contributed by atoms with Crippen molar-refractivity contribution in [2.75, 3.05) is 13.1 Å². The van der Waals surface area contributed by atoms with Crippen LogP contribution < -0.4 is 0 Å². The van der Waals surface area contributed by atoms with Crippen LogP contribution in [0.2, 0.25) is 0 Å². The maximum Gasteiger partial charge on any atom is 0.321 e. The number of nitrogens with zero attached hydrogens (tertiary/aromatic N) is 4. The van der Waals surface area contributed by atoms with Crippen molar-refractivity contribution < 1.29 is 9.59 Å². The number of imidazole rings is 1. The van der Waals surface area contributed by atoms with Crippen LogP contribution in [0.4, 0.5) is 0 Å². The lowest BCUT2D eigenvalue weighted by molar-refractivity contribution is -0.122. The number of hydrogen-bond acceptors (Lipinski definition) is 4. The highest BCUT2D eigenvalue weighted by Gasteiger charge is 2.23.